The number of benzene rings is 8. The second kappa shape index (κ2) is 13.0. The van der Waals surface area contributed by atoms with Gasteiger partial charge in [0.25, 0.3) is 0 Å². The topological polar surface area (TPSA) is 3.24 Å². The molecular weight excluding hydrogens is 735 g/mol. The molecule has 0 amide bonds. The summed E-state index contributed by atoms with van der Waals surface area (Å²) in [5.74, 6) is 0. The van der Waals surface area contributed by atoms with Crippen LogP contribution in [0.3, 0.4) is 0 Å². The second-order valence-electron chi connectivity index (χ2n) is 20.1. The highest BCUT2D eigenvalue weighted by molar-refractivity contribution is 6.03. The molecule has 0 saturated carbocycles. The minimum Gasteiger partial charge on any atom is -0.310 e. The number of anilines is 3. The summed E-state index contributed by atoms with van der Waals surface area (Å²) in [6, 6.07) is 67.2. The average molecular weight is 788 g/mol. The molecule has 298 valence electrons. The maximum atomic E-state index is 2.58. The van der Waals surface area contributed by atoms with E-state index < -0.39 is 5.41 Å². The van der Waals surface area contributed by atoms with Gasteiger partial charge in [0.1, 0.15) is 0 Å². The monoisotopic (exact) mass is 787 g/mol. The standard InChI is InChI=1S/C60H53N/c1-57(2,3)38-32-34-42-43-35-33-39(58(4,5)6)37-52(43)60(51(42)36-38)49-28-16-12-22-41(49)46-26-19-31-54(56(46)60)61(40-20-10-9-11-21-40)53-30-17-14-23-44(53)45-25-18-29-50-55(45)47-24-13-15-27-48(47)59(50,7)8/h9-37H,1-8H3. The van der Waals surface area contributed by atoms with Crippen LogP contribution in [0.4, 0.5) is 17.1 Å². The molecule has 1 heteroatoms. The molecular formula is C60H53N. The van der Waals surface area contributed by atoms with Crippen LogP contribution in [-0.4, -0.2) is 0 Å². The van der Waals surface area contributed by atoms with Crippen molar-refractivity contribution in [3.63, 3.8) is 0 Å². The molecule has 0 heterocycles. The van der Waals surface area contributed by atoms with Gasteiger partial charge in [-0.15, -0.1) is 0 Å². The smallest absolute Gasteiger partial charge is 0.0746 e. The molecule has 0 saturated heterocycles. The Labute approximate surface area is 362 Å². The SMILES string of the molecule is CC(C)(C)c1ccc2c(c1)C1(c3cc(C(C)(C)C)ccc3-2)c2ccccc2-c2cccc(N(c3ccccc3)c3ccccc3-c3cccc4c3-c3ccccc3C4(C)C)c21. The zero-order valence-electron chi connectivity index (χ0n) is 36.7. The Morgan fingerprint density at radius 3 is 1.49 bits per heavy atom. The fourth-order valence-electron chi connectivity index (χ4n) is 11.2. The first-order valence-corrected chi connectivity index (χ1v) is 22.0. The molecule has 3 aliphatic rings. The Balaban J connectivity index is 1.26. The van der Waals surface area contributed by atoms with Crippen molar-refractivity contribution in [3.05, 3.63) is 220 Å². The fourth-order valence-corrected chi connectivity index (χ4v) is 11.2. The molecule has 0 aromatic heterocycles. The molecule has 0 N–H and O–H groups in total. The van der Waals surface area contributed by atoms with Gasteiger partial charge in [0.05, 0.1) is 16.8 Å². The van der Waals surface area contributed by atoms with Crippen LogP contribution in [-0.2, 0) is 21.7 Å². The van der Waals surface area contributed by atoms with Crippen LogP contribution >= 0.6 is 0 Å². The first kappa shape index (κ1) is 37.6. The highest BCUT2D eigenvalue weighted by atomic mass is 15.1. The first-order chi connectivity index (χ1) is 29.3. The molecule has 8 aromatic rings. The van der Waals surface area contributed by atoms with Gasteiger partial charge in [-0.1, -0.05) is 207 Å². The number of hydrogen-bond acceptors (Lipinski definition) is 1. The van der Waals surface area contributed by atoms with Gasteiger partial charge in [0.15, 0.2) is 0 Å². The van der Waals surface area contributed by atoms with Gasteiger partial charge in [-0.05, 0) is 113 Å². The molecule has 0 bridgehead atoms. The Morgan fingerprint density at radius 2 is 0.836 bits per heavy atom. The van der Waals surface area contributed by atoms with Gasteiger partial charge in [0.2, 0.25) is 0 Å². The van der Waals surface area contributed by atoms with Crippen LogP contribution in [0.1, 0.15) is 99.9 Å². The quantitative estimate of drug-likeness (QED) is 0.172. The van der Waals surface area contributed by atoms with Gasteiger partial charge in [-0.2, -0.15) is 0 Å². The molecule has 1 nitrogen and oxygen atoms in total. The number of nitrogens with zero attached hydrogens (tertiary/aromatic N) is 1. The summed E-state index contributed by atoms with van der Waals surface area (Å²) in [4.78, 5) is 2.58. The van der Waals surface area contributed by atoms with Crippen LogP contribution in [0, 0.1) is 0 Å². The lowest BCUT2D eigenvalue weighted by molar-refractivity contribution is 0.586. The Hall–Kier alpha value is -6.44. The molecule has 0 unspecified atom stereocenters. The van der Waals surface area contributed by atoms with Crippen LogP contribution in [0.5, 0.6) is 0 Å². The van der Waals surface area contributed by atoms with Crippen molar-refractivity contribution in [2.75, 3.05) is 4.90 Å². The van der Waals surface area contributed by atoms with E-state index >= 15 is 0 Å². The van der Waals surface area contributed by atoms with E-state index in [4.69, 9.17) is 0 Å². The first-order valence-electron chi connectivity index (χ1n) is 22.0. The van der Waals surface area contributed by atoms with Crippen molar-refractivity contribution >= 4 is 17.1 Å². The van der Waals surface area contributed by atoms with Crippen molar-refractivity contribution in [1.82, 2.24) is 0 Å². The summed E-state index contributed by atoms with van der Waals surface area (Å²) < 4.78 is 0. The zero-order valence-corrected chi connectivity index (χ0v) is 36.7. The molecule has 0 aliphatic heterocycles. The van der Waals surface area contributed by atoms with Gasteiger partial charge in [-0.3, -0.25) is 0 Å². The predicted molar refractivity (Wildman–Crippen MR) is 258 cm³/mol. The second-order valence-corrected chi connectivity index (χ2v) is 20.1. The minimum absolute atomic E-state index is 0.0276. The van der Waals surface area contributed by atoms with E-state index in [2.05, 4.69) is 236 Å². The van der Waals surface area contributed by atoms with Crippen molar-refractivity contribution in [2.45, 2.75) is 77.0 Å². The highest BCUT2D eigenvalue weighted by Crippen LogP contribution is 2.66. The van der Waals surface area contributed by atoms with E-state index in [0.717, 1.165) is 11.4 Å². The number of para-hydroxylation sites is 2. The number of fused-ring (bicyclic) bond motifs is 13. The van der Waals surface area contributed by atoms with E-state index in [-0.39, 0.29) is 16.2 Å². The van der Waals surface area contributed by atoms with Crippen molar-refractivity contribution < 1.29 is 0 Å². The number of hydrogen-bond donors (Lipinski definition) is 0. The molecule has 61 heavy (non-hydrogen) atoms. The molecule has 0 radical (unpaired) electrons. The summed E-state index contributed by atoms with van der Waals surface area (Å²) in [6.07, 6.45) is 0. The van der Waals surface area contributed by atoms with E-state index in [0.29, 0.717) is 0 Å². The summed E-state index contributed by atoms with van der Waals surface area (Å²) in [5, 5.41) is 0. The Bertz CT molecular complexity index is 3010. The van der Waals surface area contributed by atoms with E-state index in [1.807, 2.05) is 0 Å². The Kier molecular flexibility index (Phi) is 8.02. The van der Waals surface area contributed by atoms with Gasteiger partial charge in [0, 0.05) is 22.2 Å². The summed E-state index contributed by atoms with van der Waals surface area (Å²) in [7, 11) is 0. The van der Waals surface area contributed by atoms with Crippen LogP contribution in [0.2, 0.25) is 0 Å². The van der Waals surface area contributed by atoms with Crippen LogP contribution < -0.4 is 4.90 Å². The van der Waals surface area contributed by atoms with Crippen molar-refractivity contribution in [3.8, 4) is 44.5 Å². The molecule has 8 aromatic carbocycles. The van der Waals surface area contributed by atoms with E-state index in [1.54, 1.807) is 0 Å². The van der Waals surface area contributed by atoms with E-state index in [1.165, 1.54) is 94.7 Å². The summed E-state index contributed by atoms with van der Waals surface area (Å²) in [6.45, 7) is 18.8. The molecule has 0 atom stereocenters. The van der Waals surface area contributed by atoms with Crippen molar-refractivity contribution in [1.29, 1.82) is 0 Å². The third-order valence-corrected chi connectivity index (χ3v) is 14.2. The molecule has 3 aliphatic carbocycles. The molecule has 11 rings (SSSR count). The van der Waals surface area contributed by atoms with Gasteiger partial charge in [-0.25, -0.2) is 0 Å². The van der Waals surface area contributed by atoms with Crippen LogP contribution in [0.25, 0.3) is 44.5 Å². The fraction of sp³-hybridized carbons (Fsp3) is 0.200. The summed E-state index contributed by atoms with van der Waals surface area (Å²) in [5.41, 5.74) is 24.1. The Morgan fingerprint density at radius 1 is 0.361 bits per heavy atom. The predicted octanol–water partition coefficient (Wildman–Crippen LogP) is 16.1. The van der Waals surface area contributed by atoms with Crippen LogP contribution in [0.15, 0.2) is 176 Å². The average Bonchev–Trinajstić information content (AvgIpc) is 3.82. The van der Waals surface area contributed by atoms with E-state index in [9.17, 15) is 0 Å². The minimum atomic E-state index is -0.561. The normalized spacial score (nSPS) is 14.8. The third-order valence-electron chi connectivity index (χ3n) is 14.2. The molecule has 1 spiro atoms. The maximum absolute atomic E-state index is 2.58. The number of rotatable bonds is 4. The lowest BCUT2D eigenvalue weighted by Crippen LogP contribution is -2.29. The van der Waals surface area contributed by atoms with Gasteiger partial charge < -0.3 is 4.90 Å². The largest absolute Gasteiger partial charge is 0.310 e. The lowest BCUT2D eigenvalue weighted by atomic mass is 9.68. The summed E-state index contributed by atoms with van der Waals surface area (Å²) >= 11 is 0. The molecule has 0 fully saturated rings. The lowest BCUT2D eigenvalue weighted by Gasteiger charge is -2.37. The third kappa shape index (κ3) is 5.26. The van der Waals surface area contributed by atoms with Gasteiger partial charge >= 0.3 is 0 Å². The zero-order chi connectivity index (χ0) is 42.1. The maximum Gasteiger partial charge on any atom is 0.0746 e. The van der Waals surface area contributed by atoms with Crippen molar-refractivity contribution in [2.24, 2.45) is 0 Å². The highest BCUT2D eigenvalue weighted by Gasteiger charge is 2.54.